The van der Waals surface area contributed by atoms with E-state index in [2.05, 4.69) is 20.6 Å². The van der Waals surface area contributed by atoms with Gasteiger partial charge in [-0.1, -0.05) is 6.92 Å². The Morgan fingerprint density at radius 2 is 2.12 bits per heavy atom. The van der Waals surface area contributed by atoms with Gasteiger partial charge in [-0.3, -0.25) is 4.79 Å². The Bertz CT molecular complexity index is 670. The van der Waals surface area contributed by atoms with Gasteiger partial charge in [0, 0.05) is 30.7 Å². The van der Waals surface area contributed by atoms with Crippen LogP contribution in [0, 0.1) is 12.3 Å². The molecule has 26 heavy (non-hydrogen) atoms. The normalized spacial score (nSPS) is 27.3. The second kappa shape index (κ2) is 7.68. The van der Waals surface area contributed by atoms with Crippen LogP contribution >= 0.6 is 12.4 Å². The molecule has 1 amide bonds. The molecule has 1 aromatic rings. The summed E-state index contributed by atoms with van der Waals surface area (Å²) >= 11 is 0. The molecule has 2 bridgehead atoms. The summed E-state index contributed by atoms with van der Waals surface area (Å²) in [6, 6.07) is 1.54. The van der Waals surface area contributed by atoms with Gasteiger partial charge in [0.2, 0.25) is 5.91 Å². The van der Waals surface area contributed by atoms with E-state index in [1.54, 1.807) is 0 Å². The minimum absolute atomic E-state index is 0. The SMILES string of the molecule is CC[C@@]1(C(=O)NCCc2nc(C)cc(C(F)(F)F)n2)C[C@@H]2CC[C@H]1N2.Cl. The number of hydrogen-bond acceptors (Lipinski definition) is 4. The molecule has 2 saturated heterocycles. The maximum Gasteiger partial charge on any atom is 0.433 e. The maximum absolute atomic E-state index is 12.8. The Labute approximate surface area is 157 Å². The molecule has 2 aliphatic rings. The molecule has 3 heterocycles. The monoisotopic (exact) mass is 392 g/mol. The standard InChI is InChI=1S/C17H23F3N4O.ClH/c1-3-16(9-11-4-5-12(16)23-11)15(25)21-7-6-14-22-10(2)8-13(24-14)17(18,19)20;/h8,11-12,23H,3-7,9H2,1-2H3,(H,21,25);1H/t11-,12+,16+;/m0./s1. The predicted molar refractivity (Wildman–Crippen MR) is 93.0 cm³/mol. The van der Waals surface area contributed by atoms with Crippen molar-refractivity contribution in [1.29, 1.82) is 0 Å². The largest absolute Gasteiger partial charge is 0.433 e. The molecule has 146 valence electrons. The summed E-state index contributed by atoms with van der Waals surface area (Å²) in [6.07, 6.45) is -0.616. The zero-order valence-electron chi connectivity index (χ0n) is 14.8. The fourth-order valence-electron chi connectivity index (χ4n) is 4.15. The summed E-state index contributed by atoms with van der Waals surface area (Å²) in [5.74, 6) is 0.0858. The molecule has 2 fully saturated rings. The number of nitrogens with one attached hydrogen (secondary N) is 2. The molecule has 1 aromatic heterocycles. The fraction of sp³-hybridized carbons (Fsp3) is 0.706. The minimum atomic E-state index is -4.49. The lowest BCUT2D eigenvalue weighted by atomic mass is 9.71. The first-order valence-electron chi connectivity index (χ1n) is 8.70. The van der Waals surface area contributed by atoms with Crippen molar-refractivity contribution in [2.24, 2.45) is 5.41 Å². The smallest absolute Gasteiger partial charge is 0.355 e. The topological polar surface area (TPSA) is 66.9 Å². The summed E-state index contributed by atoms with van der Waals surface area (Å²) in [5, 5.41) is 6.37. The molecule has 0 aliphatic carbocycles. The van der Waals surface area contributed by atoms with Gasteiger partial charge in [0.05, 0.1) is 5.41 Å². The Hall–Kier alpha value is -1.41. The first-order valence-corrected chi connectivity index (χ1v) is 8.70. The van der Waals surface area contributed by atoms with Crippen molar-refractivity contribution in [3.05, 3.63) is 23.3 Å². The summed E-state index contributed by atoms with van der Waals surface area (Å²) in [5.41, 5.74) is -1.07. The van der Waals surface area contributed by atoms with Crippen LogP contribution in [0.1, 0.15) is 49.8 Å². The van der Waals surface area contributed by atoms with Crippen LogP contribution in [0.15, 0.2) is 6.07 Å². The second-order valence-corrected chi connectivity index (χ2v) is 7.02. The average molecular weight is 393 g/mol. The Balaban J connectivity index is 0.00000243. The molecule has 0 unspecified atom stereocenters. The molecular weight excluding hydrogens is 369 g/mol. The van der Waals surface area contributed by atoms with E-state index < -0.39 is 17.3 Å². The van der Waals surface area contributed by atoms with Crippen molar-refractivity contribution in [2.75, 3.05) is 6.54 Å². The van der Waals surface area contributed by atoms with E-state index in [1.165, 1.54) is 6.92 Å². The van der Waals surface area contributed by atoms with Crippen molar-refractivity contribution in [3.63, 3.8) is 0 Å². The summed E-state index contributed by atoms with van der Waals surface area (Å²) in [6.45, 7) is 3.76. The first-order chi connectivity index (χ1) is 11.7. The molecule has 0 saturated carbocycles. The van der Waals surface area contributed by atoms with Gasteiger partial charge < -0.3 is 10.6 Å². The molecule has 3 rings (SSSR count). The number of amides is 1. The van der Waals surface area contributed by atoms with Crippen molar-refractivity contribution in [3.8, 4) is 0 Å². The quantitative estimate of drug-likeness (QED) is 0.808. The fourth-order valence-corrected chi connectivity index (χ4v) is 4.15. The Morgan fingerprint density at radius 1 is 1.38 bits per heavy atom. The second-order valence-electron chi connectivity index (χ2n) is 7.02. The van der Waals surface area contributed by atoms with Gasteiger partial charge in [-0.15, -0.1) is 12.4 Å². The molecule has 5 nitrogen and oxygen atoms in total. The number of aryl methyl sites for hydroxylation is 1. The summed E-state index contributed by atoms with van der Waals surface area (Å²) in [7, 11) is 0. The number of aromatic nitrogens is 2. The molecule has 2 aliphatic heterocycles. The molecule has 9 heteroatoms. The van der Waals surface area contributed by atoms with Crippen molar-refractivity contribution < 1.29 is 18.0 Å². The van der Waals surface area contributed by atoms with E-state index in [-0.39, 0.29) is 48.8 Å². The van der Waals surface area contributed by atoms with Crippen LogP contribution in [-0.4, -0.2) is 34.5 Å². The summed E-state index contributed by atoms with van der Waals surface area (Å²) in [4.78, 5) is 20.3. The highest BCUT2D eigenvalue weighted by Crippen LogP contribution is 2.45. The van der Waals surface area contributed by atoms with Gasteiger partial charge in [-0.25, -0.2) is 9.97 Å². The number of nitrogens with zero attached hydrogens (tertiary/aromatic N) is 2. The van der Waals surface area contributed by atoms with E-state index in [0.717, 1.165) is 31.7 Å². The molecule has 0 spiro atoms. The van der Waals surface area contributed by atoms with Gasteiger partial charge in [-0.05, 0) is 38.7 Å². The van der Waals surface area contributed by atoms with Crippen LogP contribution in [-0.2, 0) is 17.4 Å². The lowest BCUT2D eigenvalue weighted by molar-refractivity contribution is -0.141. The zero-order valence-corrected chi connectivity index (χ0v) is 15.6. The minimum Gasteiger partial charge on any atom is -0.355 e. The van der Waals surface area contributed by atoms with E-state index in [4.69, 9.17) is 0 Å². The molecule has 0 aromatic carbocycles. The van der Waals surface area contributed by atoms with E-state index in [0.29, 0.717) is 6.04 Å². The highest BCUT2D eigenvalue weighted by molar-refractivity contribution is 5.85. The van der Waals surface area contributed by atoms with Crippen LogP contribution in [0.4, 0.5) is 13.2 Å². The number of carbonyl (C=O) groups excluding carboxylic acids is 1. The van der Waals surface area contributed by atoms with Gasteiger partial charge in [0.1, 0.15) is 11.5 Å². The van der Waals surface area contributed by atoms with Crippen LogP contribution in [0.25, 0.3) is 0 Å². The number of fused-ring (bicyclic) bond motifs is 2. The van der Waals surface area contributed by atoms with Crippen LogP contribution in [0.5, 0.6) is 0 Å². The number of halogens is 4. The van der Waals surface area contributed by atoms with Crippen molar-refractivity contribution >= 4 is 18.3 Å². The maximum atomic E-state index is 12.8. The lowest BCUT2D eigenvalue weighted by Crippen LogP contribution is -2.48. The molecular formula is C17H24ClF3N4O. The first kappa shape index (κ1) is 20.9. The average Bonchev–Trinajstić information content (AvgIpc) is 3.14. The Morgan fingerprint density at radius 3 is 2.65 bits per heavy atom. The van der Waals surface area contributed by atoms with Crippen molar-refractivity contribution in [1.82, 2.24) is 20.6 Å². The number of rotatable bonds is 5. The van der Waals surface area contributed by atoms with Crippen LogP contribution < -0.4 is 10.6 Å². The van der Waals surface area contributed by atoms with Gasteiger partial charge in [-0.2, -0.15) is 13.2 Å². The number of alkyl halides is 3. The molecule has 2 N–H and O–H groups in total. The highest BCUT2D eigenvalue weighted by Gasteiger charge is 2.54. The molecule has 3 atom stereocenters. The van der Waals surface area contributed by atoms with E-state index in [1.807, 2.05) is 6.92 Å². The van der Waals surface area contributed by atoms with Crippen molar-refractivity contribution in [2.45, 2.75) is 64.2 Å². The number of hydrogen-bond donors (Lipinski definition) is 2. The third kappa shape index (κ3) is 3.96. The van der Waals surface area contributed by atoms with Gasteiger partial charge in [0.15, 0.2) is 0 Å². The van der Waals surface area contributed by atoms with E-state index in [9.17, 15) is 18.0 Å². The zero-order chi connectivity index (χ0) is 18.2. The predicted octanol–water partition coefficient (Wildman–Crippen LogP) is 2.81. The molecule has 0 radical (unpaired) electrons. The summed E-state index contributed by atoms with van der Waals surface area (Å²) < 4.78 is 38.5. The van der Waals surface area contributed by atoms with E-state index >= 15 is 0 Å². The number of carbonyl (C=O) groups is 1. The van der Waals surface area contributed by atoms with Crippen LogP contribution in [0.3, 0.4) is 0 Å². The lowest BCUT2D eigenvalue weighted by Gasteiger charge is -2.34. The highest BCUT2D eigenvalue weighted by atomic mass is 35.5. The third-order valence-electron chi connectivity index (χ3n) is 5.43. The van der Waals surface area contributed by atoms with Crippen LogP contribution in [0.2, 0.25) is 0 Å². The van der Waals surface area contributed by atoms with Gasteiger partial charge in [0.25, 0.3) is 0 Å². The third-order valence-corrected chi connectivity index (χ3v) is 5.43. The van der Waals surface area contributed by atoms with Gasteiger partial charge >= 0.3 is 6.18 Å². The Kier molecular flexibility index (Phi) is 6.17.